The number of hydrogen-bond donors (Lipinski definition) is 0. The van der Waals surface area contributed by atoms with Crippen LogP contribution in [0.15, 0.2) is 41.1 Å². The minimum atomic E-state index is -0.511. The minimum absolute atomic E-state index is 0.0159. The lowest BCUT2D eigenvalue weighted by atomic mass is 9.96. The van der Waals surface area contributed by atoms with E-state index >= 15 is 0 Å². The van der Waals surface area contributed by atoms with Crippen LogP contribution >= 0.6 is 15.9 Å². The van der Waals surface area contributed by atoms with Crippen LogP contribution in [0, 0.1) is 0 Å². The second-order valence-corrected chi connectivity index (χ2v) is 7.47. The van der Waals surface area contributed by atoms with Gasteiger partial charge in [0.05, 0.1) is 17.6 Å². The molecule has 2 unspecified atom stereocenters. The SMILES string of the molecule is O=C(C1OCCc2ccccc21)N1CCCC(Oc2ncc(Br)cn2)C1. The van der Waals surface area contributed by atoms with Gasteiger partial charge < -0.3 is 14.4 Å². The van der Waals surface area contributed by atoms with Crippen molar-refractivity contribution in [3.05, 3.63) is 52.3 Å². The van der Waals surface area contributed by atoms with Crippen LogP contribution in [0.2, 0.25) is 0 Å². The number of halogens is 1. The first-order valence-electron chi connectivity index (χ1n) is 8.83. The van der Waals surface area contributed by atoms with Crippen molar-refractivity contribution in [2.75, 3.05) is 19.7 Å². The van der Waals surface area contributed by atoms with Gasteiger partial charge >= 0.3 is 6.01 Å². The third-order valence-electron chi connectivity index (χ3n) is 4.78. The molecule has 1 aromatic heterocycles. The number of hydrogen-bond acceptors (Lipinski definition) is 5. The van der Waals surface area contributed by atoms with Crippen molar-refractivity contribution in [2.45, 2.75) is 31.5 Å². The molecule has 1 fully saturated rings. The van der Waals surface area contributed by atoms with Crippen LogP contribution in [0.4, 0.5) is 0 Å². The Morgan fingerprint density at radius 1 is 1.27 bits per heavy atom. The van der Waals surface area contributed by atoms with Gasteiger partial charge in [-0.25, -0.2) is 9.97 Å². The van der Waals surface area contributed by atoms with Gasteiger partial charge in [0.1, 0.15) is 6.10 Å². The summed E-state index contributed by atoms with van der Waals surface area (Å²) < 4.78 is 12.5. The number of aromatic nitrogens is 2. The predicted molar refractivity (Wildman–Crippen MR) is 98.8 cm³/mol. The molecule has 0 radical (unpaired) electrons. The molecule has 2 aliphatic rings. The first-order valence-corrected chi connectivity index (χ1v) is 9.62. The van der Waals surface area contributed by atoms with E-state index in [1.54, 1.807) is 12.4 Å². The molecule has 0 saturated carbocycles. The molecule has 1 aromatic carbocycles. The smallest absolute Gasteiger partial charge is 0.316 e. The highest BCUT2D eigenvalue weighted by molar-refractivity contribution is 9.10. The molecular weight excluding hydrogens is 398 g/mol. The lowest BCUT2D eigenvalue weighted by molar-refractivity contribution is -0.147. The minimum Gasteiger partial charge on any atom is -0.458 e. The summed E-state index contributed by atoms with van der Waals surface area (Å²) in [5.74, 6) is 0.0159. The molecule has 2 atom stereocenters. The van der Waals surface area contributed by atoms with Crippen molar-refractivity contribution < 1.29 is 14.3 Å². The van der Waals surface area contributed by atoms with E-state index in [-0.39, 0.29) is 12.0 Å². The fraction of sp³-hybridized carbons (Fsp3) is 0.421. The maximum atomic E-state index is 13.1. The molecule has 26 heavy (non-hydrogen) atoms. The Morgan fingerprint density at radius 3 is 2.92 bits per heavy atom. The number of likely N-dealkylation sites (tertiary alicyclic amines) is 1. The van der Waals surface area contributed by atoms with Crippen LogP contribution in [0.1, 0.15) is 30.1 Å². The molecule has 2 aliphatic heterocycles. The average molecular weight is 418 g/mol. The summed E-state index contributed by atoms with van der Waals surface area (Å²) in [6.45, 7) is 1.83. The largest absolute Gasteiger partial charge is 0.458 e. The number of piperidine rings is 1. The highest BCUT2D eigenvalue weighted by atomic mass is 79.9. The topological polar surface area (TPSA) is 64.5 Å². The number of fused-ring (bicyclic) bond motifs is 1. The lowest BCUT2D eigenvalue weighted by Crippen LogP contribution is -2.47. The maximum Gasteiger partial charge on any atom is 0.316 e. The fourth-order valence-corrected chi connectivity index (χ4v) is 3.71. The highest BCUT2D eigenvalue weighted by Gasteiger charge is 2.34. The fourth-order valence-electron chi connectivity index (χ4n) is 3.51. The van der Waals surface area contributed by atoms with Gasteiger partial charge in [-0.05, 0) is 46.3 Å². The Balaban J connectivity index is 1.44. The van der Waals surface area contributed by atoms with E-state index in [2.05, 4.69) is 32.0 Å². The van der Waals surface area contributed by atoms with Crippen LogP contribution in [0.3, 0.4) is 0 Å². The summed E-state index contributed by atoms with van der Waals surface area (Å²) in [5, 5.41) is 0. The number of ether oxygens (including phenoxy) is 2. The first kappa shape index (κ1) is 17.4. The van der Waals surface area contributed by atoms with Crippen LogP contribution in [0.5, 0.6) is 6.01 Å². The molecule has 0 aliphatic carbocycles. The van der Waals surface area contributed by atoms with E-state index < -0.39 is 6.10 Å². The van der Waals surface area contributed by atoms with Crippen molar-refractivity contribution in [1.82, 2.24) is 14.9 Å². The van der Waals surface area contributed by atoms with Crippen LogP contribution in [-0.2, 0) is 16.0 Å². The third kappa shape index (κ3) is 3.73. The van der Waals surface area contributed by atoms with Crippen molar-refractivity contribution >= 4 is 21.8 Å². The van der Waals surface area contributed by atoms with Crippen molar-refractivity contribution in [1.29, 1.82) is 0 Å². The molecule has 3 heterocycles. The summed E-state index contributed by atoms with van der Waals surface area (Å²) >= 11 is 3.31. The van der Waals surface area contributed by atoms with Gasteiger partial charge in [0.25, 0.3) is 5.91 Å². The molecule has 136 valence electrons. The van der Waals surface area contributed by atoms with Gasteiger partial charge in [-0.15, -0.1) is 0 Å². The van der Waals surface area contributed by atoms with Gasteiger partial charge in [0.15, 0.2) is 6.10 Å². The van der Waals surface area contributed by atoms with Gasteiger partial charge in [-0.2, -0.15) is 0 Å². The van der Waals surface area contributed by atoms with Gasteiger partial charge in [-0.3, -0.25) is 4.79 Å². The molecule has 0 bridgehead atoms. The van der Waals surface area contributed by atoms with E-state index in [4.69, 9.17) is 9.47 Å². The summed E-state index contributed by atoms with van der Waals surface area (Å²) in [5.41, 5.74) is 2.19. The number of amides is 1. The second-order valence-electron chi connectivity index (χ2n) is 6.55. The van der Waals surface area contributed by atoms with E-state index in [1.165, 1.54) is 5.56 Å². The summed E-state index contributed by atoms with van der Waals surface area (Å²) in [6.07, 6.45) is 5.32. The number of carbonyl (C=O) groups excluding carboxylic acids is 1. The molecule has 4 rings (SSSR count). The monoisotopic (exact) mass is 417 g/mol. The molecule has 2 aromatic rings. The Bertz CT molecular complexity index is 784. The van der Waals surface area contributed by atoms with E-state index in [9.17, 15) is 4.79 Å². The maximum absolute atomic E-state index is 13.1. The molecule has 6 nitrogen and oxygen atoms in total. The van der Waals surface area contributed by atoms with Crippen LogP contribution in [-0.4, -0.2) is 46.6 Å². The third-order valence-corrected chi connectivity index (χ3v) is 5.19. The van der Waals surface area contributed by atoms with Gasteiger partial charge in [-0.1, -0.05) is 24.3 Å². The van der Waals surface area contributed by atoms with Crippen molar-refractivity contribution in [3.8, 4) is 6.01 Å². The molecule has 1 saturated heterocycles. The Kier molecular flexibility index (Phi) is 5.17. The highest BCUT2D eigenvalue weighted by Crippen LogP contribution is 2.29. The summed E-state index contributed by atoms with van der Waals surface area (Å²) in [6, 6.07) is 8.37. The molecule has 1 amide bonds. The average Bonchev–Trinajstić information content (AvgIpc) is 2.69. The number of nitrogens with zero attached hydrogens (tertiary/aromatic N) is 3. The Labute approximate surface area is 160 Å². The Morgan fingerprint density at radius 2 is 2.08 bits per heavy atom. The molecule has 0 N–H and O–H groups in total. The van der Waals surface area contributed by atoms with Crippen LogP contribution in [0.25, 0.3) is 0 Å². The van der Waals surface area contributed by atoms with Crippen molar-refractivity contribution in [2.24, 2.45) is 0 Å². The van der Waals surface area contributed by atoms with Gasteiger partial charge in [0.2, 0.25) is 0 Å². The van der Waals surface area contributed by atoms with Crippen LogP contribution < -0.4 is 4.74 Å². The molecule has 7 heteroatoms. The normalized spacial score (nSPS) is 22.6. The van der Waals surface area contributed by atoms with Crippen molar-refractivity contribution in [3.63, 3.8) is 0 Å². The standard InChI is InChI=1S/C19H20BrN3O3/c20-14-10-21-19(22-11-14)26-15-5-3-8-23(12-15)18(24)17-16-6-2-1-4-13(16)7-9-25-17/h1-2,4,6,10-11,15,17H,3,5,7-9,12H2. The van der Waals surface area contributed by atoms with E-state index in [0.29, 0.717) is 19.2 Å². The first-order chi connectivity index (χ1) is 12.7. The second kappa shape index (κ2) is 7.72. The quantitative estimate of drug-likeness (QED) is 0.767. The van der Waals surface area contributed by atoms with E-state index in [1.807, 2.05) is 23.1 Å². The zero-order valence-electron chi connectivity index (χ0n) is 14.3. The predicted octanol–water partition coefficient (Wildman–Crippen LogP) is 2.92. The molecule has 0 spiro atoms. The Hall–Kier alpha value is -1.99. The summed E-state index contributed by atoms with van der Waals surface area (Å²) in [7, 11) is 0. The number of rotatable bonds is 3. The number of carbonyl (C=O) groups is 1. The van der Waals surface area contributed by atoms with E-state index in [0.717, 1.165) is 35.8 Å². The number of benzene rings is 1. The lowest BCUT2D eigenvalue weighted by Gasteiger charge is -2.36. The van der Waals surface area contributed by atoms with Gasteiger partial charge in [0, 0.05) is 18.9 Å². The molecular formula is C19H20BrN3O3. The summed E-state index contributed by atoms with van der Waals surface area (Å²) in [4.78, 5) is 23.2. The zero-order valence-corrected chi connectivity index (χ0v) is 15.9. The zero-order chi connectivity index (χ0) is 17.9.